The van der Waals surface area contributed by atoms with Crippen molar-refractivity contribution in [3.8, 4) is 0 Å². The molecule has 0 spiro atoms. The quantitative estimate of drug-likeness (QED) is 0.0246. The summed E-state index contributed by atoms with van der Waals surface area (Å²) in [5.74, 6) is -0.524. The third-order valence-corrected chi connectivity index (χ3v) is 11.2. The summed E-state index contributed by atoms with van der Waals surface area (Å²) in [4.78, 5) is 26.1. The van der Waals surface area contributed by atoms with Crippen molar-refractivity contribution in [1.82, 2.24) is 5.32 Å². The molecular weight excluding hydrogens is 731 g/mol. The van der Waals surface area contributed by atoms with Crippen molar-refractivity contribution in [3.05, 3.63) is 60.8 Å². The van der Waals surface area contributed by atoms with E-state index in [1.54, 1.807) is 0 Å². The highest BCUT2D eigenvalue weighted by Crippen LogP contribution is 2.17. The number of hydrogen-bond acceptors (Lipinski definition) is 5. The Morgan fingerprint density at radius 2 is 0.898 bits per heavy atom. The molecule has 0 bridgehead atoms. The van der Waals surface area contributed by atoms with Crippen LogP contribution in [-0.2, 0) is 14.3 Å². The van der Waals surface area contributed by atoms with Crippen molar-refractivity contribution in [2.24, 2.45) is 0 Å². The lowest BCUT2D eigenvalue weighted by atomic mass is 10.0. The van der Waals surface area contributed by atoms with E-state index in [4.69, 9.17) is 4.74 Å². The van der Waals surface area contributed by atoms with Gasteiger partial charge in [0, 0.05) is 6.42 Å². The Hall–Kier alpha value is -2.44. The van der Waals surface area contributed by atoms with Crippen LogP contribution in [0.1, 0.15) is 239 Å². The van der Waals surface area contributed by atoms with Gasteiger partial charge in [-0.2, -0.15) is 0 Å². The first-order chi connectivity index (χ1) is 29.0. The first-order valence-corrected chi connectivity index (χ1v) is 25.1. The zero-order valence-corrected chi connectivity index (χ0v) is 38.9. The number of allylic oxidation sites excluding steroid dienone is 10. The molecular formula is C53H95NO5. The molecule has 0 fully saturated rings. The molecule has 0 aromatic carbocycles. The molecule has 0 radical (unpaired) electrons. The van der Waals surface area contributed by atoms with Crippen LogP contribution in [0.2, 0.25) is 0 Å². The lowest BCUT2D eigenvalue weighted by Gasteiger charge is -2.24. The van der Waals surface area contributed by atoms with Gasteiger partial charge in [-0.3, -0.25) is 9.59 Å². The zero-order valence-electron chi connectivity index (χ0n) is 38.9. The molecule has 0 saturated heterocycles. The summed E-state index contributed by atoms with van der Waals surface area (Å²) in [5.41, 5.74) is 0. The van der Waals surface area contributed by atoms with Gasteiger partial charge in [0.05, 0.1) is 25.2 Å². The van der Waals surface area contributed by atoms with Crippen LogP contribution < -0.4 is 5.32 Å². The molecule has 0 aliphatic carbocycles. The van der Waals surface area contributed by atoms with Crippen molar-refractivity contribution >= 4 is 11.9 Å². The summed E-state index contributed by atoms with van der Waals surface area (Å²) < 4.78 is 5.90. The predicted octanol–water partition coefficient (Wildman–Crippen LogP) is 14.8. The number of nitrogens with one attached hydrogen (secondary N) is 1. The number of esters is 1. The van der Waals surface area contributed by atoms with Gasteiger partial charge >= 0.3 is 5.97 Å². The van der Waals surface area contributed by atoms with Crippen LogP contribution in [0.3, 0.4) is 0 Å². The molecule has 59 heavy (non-hydrogen) atoms. The summed E-state index contributed by atoms with van der Waals surface area (Å²) >= 11 is 0. The average Bonchev–Trinajstić information content (AvgIpc) is 3.23. The van der Waals surface area contributed by atoms with Gasteiger partial charge in [-0.25, -0.2) is 0 Å². The van der Waals surface area contributed by atoms with Gasteiger partial charge in [0.1, 0.15) is 6.10 Å². The molecule has 1 amide bonds. The lowest BCUT2D eigenvalue weighted by Crippen LogP contribution is -2.46. The lowest BCUT2D eigenvalue weighted by molar-refractivity contribution is -0.151. The largest absolute Gasteiger partial charge is 0.462 e. The standard InChI is InChI=1S/C53H95NO5/c1-4-7-10-13-16-19-22-24-25-26-28-30-32-35-38-41-44-49(59-53(58)46-43-40-37-34-29-21-18-15-12-9-6-3)47-52(57)54-50(48-55)51(56)45-42-39-36-33-31-27-23-20-17-14-11-8-5-2/h15-16,18-19,22,24-26,28,30,49-51,55-56H,4-14,17,20-21,23,27,29,31-48H2,1-3H3,(H,54,57)/b18-15-,19-16+,24-22+,26-25+,30-28+. The topological polar surface area (TPSA) is 95.9 Å². The van der Waals surface area contributed by atoms with Crippen LogP contribution in [0.5, 0.6) is 0 Å². The summed E-state index contributed by atoms with van der Waals surface area (Å²) in [5, 5.41) is 23.7. The highest BCUT2D eigenvalue weighted by molar-refractivity contribution is 5.77. The number of unbranched alkanes of at least 4 members (excludes halogenated alkanes) is 25. The molecule has 0 aromatic heterocycles. The molecule has 6 heteroatoms. The normalized spacial score (nSPS) is 13.8. The van der Waals surface area contributed by atoms with E-state index >= 15 is 0 Å². The second kappa shape index (κ2) is 46.6. The minimum absolute atomic E-state index is 0.0472. The minimum Gasteiger partial charge on any atom is -0.462 e. The fraction of sp³-hybridized carbons (Fsp3) is 0.774. The Morgan fingerprint density at radius 3 is 1.46 bits per heavy atom. The third-order valence-electron chi connectivity index (χ3n) is 11.2. The Labute approximate surface area is 365 Å². The highest BCUT2D eigenvalue weighted by Gasteiger charge is 2.24. The molecule has 0 heterocycles. The second-order valence-corrected chi connectivity index (χ2v) is 17.0. The molecule has 3 atom stereocenters. The van der Waals surface area contributed by atoms with Crippen LogP contribution in [0, 0.1) is 0 Å². The number of hydrogen-bond donors (Lipinski definition) is 3. The highest BCUT2D eigenvalue weighted by atomic mass is 16.5. The number of rotatable bonds is 44. The number of aliphatic hydroxyl groups is 2. The molecule has 0 aliphatic heterocycles. The Bertz CT molecular complexity index is 1060. The van der Waals surface area contributed by atoms with Gasteiger partial charge in [0.15, 0.2) is 0 Å². The summed E-state index contributed by atoms with van der Waals surface area (Å²) in [6.07, 6.45) is 57.0. The smallest absolute Gasteiger partial charge is 0.306 e. The molecule has 0 rings (SSSR count). The van der Waals surface area contributed by atoms with E-state index < -0.39 is 18.2 Å². The number of amides is 1. The first kappa shape index (κ1) is 56.6. The maximum atomic E-state index is 13.2. The Balaban J connectivity index is 4.68. The maximum Gasteiger partial charge on any atom is 0.306 e. The van der Waals surface area contributed by atoms with Crippen LogP contribution in [0.25, 0.3) is 0 Å². The van der Waals surface area contributed by atoms with E-state index in [0.717, 1.165) is 77.0 Å². The Kier molecular flexibility index (Phi) is 44.7. The number of carbonyl (C=O) groups excluding carboxylic acids is 2. The molecule has 3 N–H and O–H groups in total. The summed E-state index contributed by atoms with van der Waals surface area (Å²) in [7, 11) is 0. The van der Waals surface area contributed by atoms with E-state index in [1.165, 1.54) is 116 Å². The number of ether oxygens (including phenoxy) is 1. The third kappa shape index (κ3) is 42.1. The van der Waals surface area contributed by atoms with E-state index in [2.05, 4.69) is 80.8 Å². The number of carbonyl (C=O) groups is 2. The van der Waals surface area contributed by atoms with Gasteiger partial charge in [-0.15, -0.1) is 0 Å². The fourth-order valence-corrected chi connectivity index (χ4v) is 7.30. The molecule has 0 aliphatic rings. The van der Waals surface area contributed by atoms with Crippen molar-refractivity contribution in [1.29, 1.82) is 0 Å². The molecule has 342 valence electrons. The van der Waals surface area contributed by atoms with E-state index in [0.29, 0.717) is 19.3 Å². The van der Waals surface area contributed by atoms with Crippen molar-refractivity contribution in [2.45, 2.75) is 257 Å². The van der Waals surface area contributed by atoms with Gasteiger partial charge in [-0.05, 0) is 70.6 Å². The fourth-order valence-electron chi connectivity index (χ4n) is 7.30. The minimum atomic E-state index is -0.800. The molecule has 6 nitrogen and oxygen atoms in total. The van der Waals surface area contributed by atoms with Crippen LogP contribution in [-0.4, -0.2) is 46.9 Å². The Morgan fingerprint density at radius 1 is 0.492 bits per heavy atom. The first-order valence-electron chi connectivity index (χ1n) is 25.1. The SMILES string of the molecule is CCCC/C=C\CCCCCCCC(=O)OC(CCCCC/C=C/C=C/C=C/C=C/CCCCC)CC(=O)NC(CO)C(O)CCCCCCCCCCCCCCC. The zero-order chi connectivity index (χ0) is 43.1. The van der Waals surface area contributed by atoms with E-state index in [-0.39, 0.29) is 24.9 Å². The average molecular weight is 826 g/mol. The van der Waals surface area contributed by atoms with Crippen molar-refractivity contribution in [3.63, 3.8) is 0 Å². The number of aliphatic hydroxyl groups excluding tert-OH is 2. The van der Waals surface area contributed by atoms with Crippen LogP contribution in [0.4, 0.5) is 0 Å². The summed E-state index contributed by atoms with van der Waals surface area (Å²) in [6, 6.07) is -0.716. The molecule has 3 unspecified atom stereocenters. The van der Waals surface area contributed by atoms with Crippen LogP contribution in [0.15, 0.2) is 60.8 Å². The monoisotopic (exact) mass is 826 g/mol. The van der Waals surface area contributed by atoms with Gasteiger partial charge in [0.25, 0.3) is 0 Å². The van der Waals surface area contributed by atoms with E-state index in [1.807, 2.05) is 6.08 Å². The predicted molar refractivity (Wildman–Crippen MR) is 255 cm³/mol. The molecule has 0 saturated carbocycles. The van der Waals surface area contributed by atoms with Crippen LogP contribution >= 0.6 is 0 Å². The molecule has 0 aromatic rings. The maximum absolute atomic E-state index is 13.2. The van der Waals surface area contributed by atoms with Gasteiger partial charge < -0.3 is 20.3 Å². The summed E-state index contributed by atoms with van der Waals surface area (Å²) in [6.45, 7) is 6.39. The van der Waals surface area contributed by atoms with Gasteiger partial charge in [0.2, 0.25) is 5.91 Å². The van der Waals surface area contributed by atoms with Gasteiger partial charge in [-0.1, -0.05) is 216 Å². The second-order valence-electron chi connectivity index (χ2n) is 17.0. The van der Waals surface area contributed by atoms with E-state index in [9.17, 15) is 19.8 Å². The van der Waals surface area contributed by atoms with Crippen molar-refractivity contribution < 1.29 is 24.5 Å². The van der Waals surface area contributed by atoms with Crippen molar-refractivity contribution in [2.75, 3.05) is 6.61 Å².